The summed E-state index contributed by atoms with van der Waals surface area (Å²) in [6, 6.07) is 15.4. The maximum absolute atomic E-state index is 13.1. The van der Waals surface area contributed by atoms with E-state index in [1.807, 2.05) is 37.3 Å². The van der Waals surface area contributed by atoms with E-state index in [-0.39, 0.29) is 11.9 Å². The first-order valence-corrected chi connectivity index (χ1v) is 10.5. The van der Waals surface area contributed by atoms with E-state index in [2.05, 4.69) is 16.3 Å². The smallest absolute Gasteiger partial charge is 0.338 e. The molecule has 1 heterocycles. The van der Waals surface area contributed by atoms with Crippen molar-refractivity contribution >= 4 is 17.6 Å². The zero-order chi connectivity index (χ0) is 20.6. The molecule has 29 heavy (non-hydrogen) atoms. The van der Waals surface area contributed by atoms with Crippen molar-refractivity contribution in [3.63, 3.8) is 0 Å². The van der Waals surface area contributed by atoms with Gasteiger partial charge >= 0.3 is 5.97 Å². The number of esters is 1. The van der Waals surface area contributed by atoms with Crippen LogP contribution >= 0.6 is 0 Å². The summed E-state index contributed by atoms with van der Waals surface area (Å²) in [6.07, 6.45) is 3.58. The minimum absolute atomic E-state index is 0.0574. The van der Waals surface area contributed by atoms with Gasteiger partial charge in [-0.3, -0.25) is 4.79 Å². The van der Waals surface area contributed by atoms with Crippen LogP contribution in [0.4, 0.5) is 5.69 Å². The van der Waals surface area contributed by atoms with Crippen LogP contribution in [0.5, 0.6) is 0 Å². The quantitative estimate of drug-likeness (QED) is 0.718. The van der Waals surface area contributed by atoms with Crippen molar-refractivity contribution in [3.8, 4) is 0 Å². The SMILES string of the molecule is CCNC(=O)C(c1cccc(C(=O)OCC)c1)c1ccccc1N1CCCCC1. The van der Waals surface area contributed by atoms with E-state index in [1.165, 1.54) is 19.3 Å². The topological polar surface area (TPSA) is 58.6 Å². The summed E-state index contributed by atoms with van der Waals surface area (Å²) in [7, 11) is 0. The molecule has 1 aliphatic rings. The first-order valence-electron chi connectivity index (χ1n) is 10.5. The highest BCUT2D eigenvalue weighted by molar-refractivity contribution is 5.92. The molecule has 1 saturated heterocycles. The lowest BCUT2D eigenvalue weighted by molar-refractivity contribution is -0.121. The number of nitrogens with zero attached hydrogens (tertiary/aromatic N) is 1. The molecule has 5 heteroatoms. The van der Waals surface area contributed by atoms with Gasteiger partial charge in [-0.2, -0.15) is 0 Å². The third kappa shape index (κ3) is 4.97. The lowest BCUT2D eigenvalue weighted by Gasteiger charge is -2.32. The third-order valence-electron chi connectivity index (χ3n) is 5.29. The van der Waals surface area contributed by atoms with Gasteiger partial charge in [0.15, 0.2) is 0 Å². The second kappa shape index (κ2) is 10.1. The first kappa shape index (κ1) is 20.9. The Kier molecular flexibility index (Phi) is 7.28. The highest BCUT2D eigenvalue weighted by atomic mass is 16.5. The summed E-state index contributed by atoms with van der Waals surface area (Å²) in [5.41, 5.74) is 3.34. The van der Waals surface area contributed by atoms with Crippen LogP contribution in [0.1, 0.15) is 60.5 Å². The summed E-state index contributed by atoms with van der Waals surface area (Å²) in [5.74, 6) is -0.909. The monoisotopic (exact) mass is 394 g/mol. The largest absolute Gasteiger partial charge is 0.462 e. The van der Waals surface area contributed by atoms with E-state index in [1.54, 1.807) is 19.1 Å². The maximum Gasteiger partial charge on any atom is 0.338 e. The van der Waals surface area contributed by atoms with Gasteiger partial charge in [-0.15, -0.1) is 0 Å². The van der Waals surface area contributed by atoms with Crippen LogP contribution < -0.4 is 10.2 Å². The van der Waals surface area contributed by atoms with Gasteiger partial charge < -0.3 is 15.0 Å². The summed E-state index contributed by atoms with van der Waals surface area (Å²) in [6.45, 7) is 6.58. The van der Waals surface area contributed by atoms with Gasteiger partial charge in [-0.05, 0) is 62.4 Å². The maximum atomic E-state index is 13.1. The van der Waals surface area contributed by atoms with Gasteiger partial charge in [-0.1, -0.05) is 30.3 Å². The Morgan fingerprint density at radius 2 is 1.79 bits per heavy atom. The standard InChI is InChI=1S/C24H30N2O3/c1-3-25-23(27)22(18-11-10-12-19(17-18)24(28)29-4-2)20-13-6-7-14-21(20)26-15-8-5-9-16-26/h6-7,10-14,17,22H,3-5,8-9,15-16H2,1-2H3,(H,25,27). The number of carbonyl (C=O) groups excluding carboxylic acids is 2. The molecule has 2 aromatic carbocycles. The molecule has 5 nitrogen and oxygen atoms in total. The predicted octanol–water partition coefficient (Wildman–Crippen LogP) is 4.12. The van der Waals surface area contributed by atoms with Crippen molar-refractivity contribution in [3.05, 3.63) is 65.2 Å². The van der Waals surface area contributed by atoms with Crippen molar-refractivity contribution in [2.24, 2.45) is 0 Å². The van der Waals surface area contributed by atoms with E-state index in [0.717, 1.165) is 29.9 Å². The van der Waals surface area contributed by atoms with Crippen molar-refractivity contribution in [2.45, 2.75) is 39.0 Å². The molecule has 3 rings (SSSR count). The van der Waals surface area contributed by atoms with Crippen LogP contribution in [0.2, 0.25) is 0 Å². The molecule has 0 saturated carbocycles. The molecule has 0 radical (unpaired) electrons. The fraction of sp³-hybridized carbons (Fsp3) is 0.417. The number of likely N-dealkylation sites (N-methyl/N-ethyl adjacent to an activating group) is 1. The number of hydrogen-bond donors (Lipinski definition) is 1. The highest BCUT2D eigenvalue weighted by Gasteiger charge is 2.27. The number of rotatable bonds is 7. The first-order chi connectivity index (χ1) is 14.2. The average Bonchev–Trinajstić information content (AvgIpc) is 2.75. The molecule has 1 atom stereocenters. The van der Waals surface area contributed by atoms with Gasteiger partial charge in [0.25, 0.3) is 0 Å². The van der Waals surface area contributed by atoms with Gasteiger partial charge in [-0.25, -0.2) is 4.79 Å². The van der Waals surface area contributed by atoms with E-state index in [4.69, 9.17) is 4.74 Å². The predicted molar refractivity (Wildman–Crippen MR) is 115 cm³/mol. The average molecular weight is 395 g/mol. The molecular formula is C24H30N2O3. The Hall–Kier alpha value is -2.82. The van der Waals surface area contributed by atoms with E-state index < -0.39 is 5.92 Å². The number of anilines is 1. The minimum Gasteiger partial charge on any atom is -0.462 e. The number of nitrogens with one attached hydrogen (secondary N) is 1. The Balaban J connectivity index is 2.05. The molecule has 0 aliphatic carbocycles. The number of carbonyl (C=O) groups is 2. The molecule has 2 aromatic rings. The van der Waals surface area contributed by atoms with Crippen LogP contribution in [0.3, 0.4) is 0 Å². The number of amides is 1. The van der Waals surface area contributed by atoms with Crippen molar-refractivity contribution < 1.29 is 14.3 Å². The van der Waals surface area contributed by atoms with E-state index >= 15 is 0 Å². The minimum atomic E-state index is -0.484. The fourth-order valence-electron chi connectivity index (χ4n) is 3.96. The van der Waals surface area contributed by atoms with Crippen LogP contribution in [0.15, 0.2) is 48.5 Å². The van der Waals surface area contributed by atoms with E-state index in [0.29, 0.717) is 18.7 Å². The number of hydrogen-bond acceptors (Lipinski definition) is 4. The number of para-hydroxylation sites is 1. The third-order valence-corrected chi connectivity index (χ3v) is 5.29. The summed E-state index contributed by atoms with van der Waals surface area (Å²) >= 11 is 0. The van der Waals surface area contributed by atoms with Gasteiger partial charge in [0.05, 0.1) is 18.1 Å². The lowest BCUT2D eigenvalue weighted by Crippen LogP contribution is -2.34. The molecule has 1 fully saturated rings. The van der Waals surface area contributed by atoms with E-state index in [9.17, 15) is 9.59 Å². The Morgan fingerprint density at radius 3 is 2.52 bits per heavy atom. The van der Waals surface area contributed by atoms with Crippen molar-refractivity contribution in [1.82, 2.24) is 5.32 Å². The normalized spacial score (nSPS) is 14.9. The molecule has 1 amide bonds. The Labute approximate surface area is 173 Å². The Bertz CT molecular complexity index is 844. The van der Waals surface area contributed by atoms with Crippen molar-refractivity contribution in [2.75, 3.05) is 31.1 Å². The second-order valence-electron chi connectivity index (χ2n) is 7.28. The molecule has 1 N–H and O–H groups in total. The van der Waals surface area contributed by atoms with Gasteiger partial charge in [0.2, 0.25) is 5.91 Å². The molecule has 0 spiro atoms. The summed E-state index contributed by atoms with van der Waals surface area (Å²) in [5, 5.41) is 2.97. The fourth-order valence-corrected chi connectivity index (χ4v) is 3.96. The van der Waals surface area contributed by atoms with Crippen LogP contribution in [-0.4, -0.2) is 38.1 Å². The Morgan fingerprint density at radius 1 is 1.03 bits per heavy atom. The highest BCUT2D eigenvalue weighted by Crippen LogP contribution is 2.34. The second-order valence-corrected chi connectivity index (χ2v) is 7.28. The van der Waals surface area contributed by atoms with Gasteiger partial charge in [0.1, 0.15) is 0 Å². The zero-order valence-corrected chi connectivity index (χ0v) is 17.3. The zero-order valence-electron chi connectivity index (χ0n) is 17.3. The molecular weight excluding hydrogens is 364 g/mol. The van der Waals surface area contributed by atoms with Gasteiger partial charge in [0, 0.05) is 25.3 Å². The molecule has 154 valence electrons. The lowest BCUT2D eigenvalue weighted by atomic mass is 9.87. The molecule has 1 aliphatic heterocycles. The summed E-state index contributed by atoms with van der Waals surface area (Å²) in [4.78, 5) is 27.8. The number of ether oxygens (including phenoxy) is 1. The summed E-state index contributed by atoms with van der Waals surface area (Å²) < 4.78 is 5.15. The van der Waals surface area contributed by atoms with Crippen LogP contribution in [0.25, 0.3) is 0 Å². The molecule has 1 unspecified atom stereocenters. The van der Waals surface area contributed by atoms with Crippen molar-refractivity contribution in [1.29, 1.82) is 0 Å². The molecule has 0 aromatic heterocycles. The van der Waals surface area contributed by atoms with Crippen LogP contribution in [0, 0.1) is 0 Å². The number of piperidine rings is 1. The molecule has 0 bridgehead atoms. The van der Waals surface area contributed by atoms with Crippen LogP contribution in [-0.2, 0) is 9.53 Å². The number of benzene rings is 2.